The Morgan fingerprint density at radius 2 is 2.18 bits per heavy atom. The smallest absolute Gasteiger partial charge is 0.321 e. The maximum Gasteiger partial charge on any atom is 0.321 e. The molecule has 0 aliphatic carbocycles. The SMILES string of the molecule is O=C1NCCCN1c1cc(F)cc([N+](=O)[O-])c1. The zero-order valence-corrected chi connectivity index (χ0v) is 8.85. The molecule has 17 heavy (non-hydrogen) atoms. The molecule has 0 unspecified atom stereocenters. The van der Waals surface area contributed by atoms with Gasteiger partial charge in [0.25, 0.3) is 5.69 Å². The molecule has 1 aromatic rings. The summed E-state index contributed by atoms with van der Waals surface area (Å²) in [7, 11) is 0. The van der Waals surface area contributed by atoms with Crippen LogP contribution in [0, 0.1) is 15.9 Å². The van der Waals surface area contributed by atoms with E-state index in [1.807, 2.05) is 0 Å². The Labute approximate surface area is 96.2 Å². The van der Waals surface area contributed by atoms with Gasteiger partial charge in [-0.25, -0.2) is 9.18 Å². The summed E-state index contributed by atoms with van der Waals surface area (Å²) in [4.78, 5) is 22.7. The lowest BCUT2D eigenvalue weighted by Crippen LogP contribution is -2.46. The Morgan fingerprint density at radius 1 is 1.41 bits per heavy atom. The normalized spacial score (nSPS) is 15.6. The molecule has 0 aromatic heterocycles. The van der Waals surface area contributed by atoms with Crippen molar-refractivity contribution in [2.75, 3.05) is 18.0 Å². The lowest BCUT2D eigenvalue weighted by Gasteiger charge is -2.27. The predicted octanol–water partition coefficient (Wildman–Crippen LogP) is 1.65. The lowest BCUT2D eigenvalue weighted by molar-refractivity contribution is -0.385. The van der Waals surface area contributed by atoms with Crippen LogP contribution in [0.2, 0.25) is 0 Å². The summed E-state index contributed by atoms with van der Waals surface area (Å²) in [5, 5.41) is 13.2. The van der Waals surface area contributed by atoms with E-state index in [0.717, 1.165) is 18.6 Å². The average Bonchev–Trinajstić information content (AvgIpc) is 2.28. The van der Waals surface area contributed by atoms with E-state index >= 15 is 0 Å². The second kappa shape index (κ2) is 4.36. The summed E-state index contributed by atoms with van der Waals surface area (Å²) in [6.45, 7) is 0.985. The number of hydrogen-bond acceptors (Lipinski definition) is 3. The zero-order chi connectivity index (χ0) is 12.4. The van der Waals surface area contributed by atoms with Gasteiger partial charge in [0.15, 0.2) is 0 Å². The van der Waals surface area contributed by atoms with E-state index in [1.165, 1.54) is 11.0 Å². The van der Waals surface area contributed by atoms with Gasteiger partial charge in [0.05, 0.1) is 16.7 Å². The van der Waals surface area contributed by atoms with Crippen LogP contribution in [0.15, 0.2) is 18.2 Å². The number of non-ortho nitro benzene ring substituents is 1. The Hall–Kier alpha value is -2.18. The van der Waals surface area contributed by atoms with Gasteiger partial charge in [-0.1, -0.05) is 0 Å². The molecule has 0 atom stereocenters. The van der Waals surface area contributed by atoms with Gasteiger partial charge in [0, 0.05) is 19.2 Å². The van der Waals surface area contributed by atoms with E-state index in [1.54, 1.807) is 0 Å². The number of rotatable bonds is 2. The number of carbonyl (C=O) groups excluding carboxylic acids is 1. The summed E-state index contributed by atoms with van der Waals surface area (Å²) in [6.07, 6.45) is 0.718. The number of nitro groups is 1. The van der Waals surface area contributed by atoms with Crippen molar-refractivity contribution in [2.24, 2.45) is 0 Å². The second-order valence-corrected chi connectivity index (χ2v) is 3.66. The number of hydrogen-bond donors (Lipinski definition) is 1. The molecule has 0 bridgehead atoms. The monoisotopic (exact) mass is 239 g/mol. The fraction of sp³-hybridized carbons (Fsp3) is 0.300. The first kappa shape index (κ1) is 11.3. The molecular weight excluding hydrogens is 229 g/mol. The predicted molar refractivity (Wildman–Crippen MR) is 58.4 cm³/mol. The fourth-order valence-corrected chi connectivity index (χ4v) is 1.70. The molecule has 1 aromatic carbocycles. The molecule has 0 spiro atoms. The largest absolute Gasteiger partial charge is 0.338 e. The number of nitrogens with one attached hydrogen (secondary N) is 1. The van der Waals surface area contributed by atoms with Crippen molar-refractivity contribution in [1.82, 2.24) is 5.32 Å². The maximum atomic E-state index is 13.2. The van der Waals surface area contributed by atoms with Crippen LogP contribution < -0.4 is 10.2 Å². The summed E-state index contributed by atoms with van der Waals surface area (Å²) >= 11 is 0. The third-order valence-corrected chi connectivity index (χ3v) is 2.47. The van der Waals surface area contributed by atoms with Crippen molar-refractivity contribution >= 4 is 17.4 Å². The van der Waals surface area contributed by atoms with Crippen LogP contribution in [0.1, 0.15) is 6.42 Å². The number of nitrogens with zero attached hydrogens (tertiary/aromatic N) is 2. The second-order valence-electron chi connectivity index (χ2n) is 3.66. The number of carbonyl (C=O) groups is 1. The number of amides is 2. The first-order chi connectivity index (χ1) is 8.08. The highest BCUT2D eigenvalue weighted by atomic mass is 19.1. The molecular formula is C10H10FN3O3. The van der Waals surface area contributed by atoms with Crippen LogP contribution in [0.4, 0.5) is 20.6 Å². The van der Waals surface area contributed by atoms with Crippen molar-refractivity contribution in [1.29, 1.82) is 0 Å². The Balaban J connectivity index is 2.37. The van der Waals surface area contributed by atoms with E-state index in [4.69, 9.17) is 0 Å². The van der Waals surface area contributed by atoms with Gasteiger partial charge < -0.3 is 5.32 Å². The molecule has 1 heterocycles. The molecule has 6 nitrogen and oxygen atoms in total. The molecule has 1 saturated heterocycles. The molecule has 2 amide bonds. The summed E-state index contributed by atoms with van der Waals surface area (Å²) in [6, 6.07) is 2.76. The van der Waals surface area contributed by atoms with Gasteiger partial charge in [-0.2, -0.15) is 0 Å². The number of anilines is 1. The fourth-order valence-electron chi connectivity index (χ4n) is 1.70. The standard InChI is InChI=1S/C10H10FN3O3/c11-7-4-8(6-9(5-7)14(16)17)13-3-1-2-12-10(13)15/h4-6H,1-3H2,(H,12,15). The molecule has 1 aliphatic heterocycles. The summed E-state index contributed by atoms with van der Waals surface area (Å²) in [5.74, 6) is -0.729. The first-order valence-corrected chi connectivity index (χ1v) is 5.08. The first-order valence-electron chi connectivity index (χ1n) is 5.08. The van der Waals surface area contributed by atoms with E-state index in [9.17, 15) is 19.3 Å². The van der Waals surface area contributed by atoms with Crippen LogP contribution in [-0.2, 0) is 0 Å². The molecule has 1 N–H and O–H groups in total. The number of nitro benzene ring substituents is 1. The van der Waals surface area contributed by atoms with Gasteiger partial charge in [-0.15, -0.1) is 0 Å². The topological polar surface area (TPSA) is 75.5 Å². The van der Waals surface area contributed by atoms with Gasteiger partial charge >= 0.3 is 6.03 Å². The van der Waals surface area contributed by atoms with Crippen LogP contribution in [-0.4, -0.2) is 24.0 Å². The third-order valence-electron chi connectivity index (χ3n) is 2.47. The molecule has 0 saturated carbocycles. The van der Waals surface area contributed by atoms with E-state index in [2.05, 4.69) is 5.32 Å². The third kappa shape index (κ3) is 2.32. The molecule has 0 radical (unpaired) electrons. The van der Waals surface area contributed by atoms with Crippen molar-refractivity contribution in [3.05, 3.63) is 34.1 Å². The summed E-state index contributed by atoms with van der Waals surface area (Å²) in [5.41, 5.74) is -0.160. The van der Waals surface area contributed by atoms with Crippen molar-refractivity contribution < 1.29 is 14.1 Å². The number of benzene rings is 1. The highest BCUT2D eigenvalue weighted by Crippen LogP contribution is 2.24. The highest BCUT2D eigenvalue weighted by Gasteiger charge is 2.22. The van der Waals surface area contributed by atoms with E-state index in [0.29, 0.717) is 13.1 Å². The van der Waals surface area contributed by atoms with Crippen molar-refractivity contribution in [3.8, 4) is 0 Å². The molecule has 1 fully saturated rings. The quantitative estimate of drug-likeness (QED) is 0.629. The van der Waals surface area contributed by atoms with Crippen molar-refractivity contribution in [3.63, 3.8) is 0 Å². The molecule has 1 aliphatic rings. The average molecular weight is 239 g/mol. The minimum Gasteiger partial charge on any atom is -0.338 e. The van der Waals surface area contributed by atoms with Crippen LogP contribution in [0.5, 0.6) is 0 Å². The van der Waals surface area contributed by atoms with Gasteiger partial charge in [0.2, 0.25) is 0 Å². The molecule has 7 heteroatoms. The molecule has 90 valence electrons. The van der Waals surface area contributed by atoms with Crippen molar-refractivity contribution in [2.45, 2.75) is 6.42 Å². The van der Waals surface area contributed by atoms with Gasteiger partial charge in [-0.3, -0.25) is 15.0 Å². The van der Waals surface area contributed by atoms with Crippen LogP contribution in [0.3, 0.4) is 0 Å². The zero-order valence-electron chi connectivity index (χ0n) is 8.85. The van der Waals surface area contributed by atoms with Gasteiger partial charge in [0.1, 0.15) is 5.82 Å². The van der Waals surface area contributed by atoms with Crippen LogP contribution >= 0.6 is 0 Å². The van der Waals surface area contributed by atoms with Gasteiger partial charge in [-0.05, 0) is 12.5 Å². The van der Waals surface area contributed by atoms with Crippen LogP contribution in [0.25, 0.3) is 0 Å². The minimum atomic E-state index is -0.729. The lowest BCUT2D eigenvalue weighted by atomic mass is 10.2. The highest BCUT2D eigenvalue weighted by molar-refractivity contribution is 5.92. The van der Waals surface area contributed by atoms with E-state index < -0.39 is 10.7 Å². The Bertz CT molecular complexity index is 478. The maximum absolute atomic E-state index is 13.2. The van der Waals surface area contributed by atoms with E-state index in [-0.39, 0.29) is 17.4 Å². The number of urea groups is 1. The number of halogens is 1. The Morgan fingerprint density at radius 3 is 2.82 bits per heavy atom. The molecule has 2 rings (SSSR count). The minimum absolute atomic E-state index is 0.203. The summed E-state index contributed by atoms with van der Waals surface area (Å²) < 4.78 is 13.2. The Kier molecular flexibility index (Phi) is 2.90.